The van der Waals surface area contributed by atoms with Gasteiger partial charge in [0.25, 0.3) is 0 Å². The minimum absolute atomic E-state index is 0.453. The molecule has 1 aromatic heterocycles. The van der Waals surface area contributed by atoms with Crippen LogP contribution in [0, 0.1) is 12.8 Å². The number of aryl methyl sites for hydroxylation is 1. The molecule has 0 amide bonds. The molecule has 0 saturated heterocycles. The van der Waals surface area contributed by atoms with Crippen molar-refractivity contribution in [2.24, 2.45) is 5.92 Å². The van der Waals surface area contributed by atoms with Crippen LogP contribution in [-0.4, -0.2) is 9.55 Å². The third kappa shape index (κ3) is 3.17. The summed E-state index contributed by atoms with van der Waals surface area (Å²) in [5.41, 5.74) is 3.54. The molecule has 20 heavy (non-hydrogen) atoms. The first kappa shape index (κ1) is 15.4. The number of nitrogens with zero attached hydrogens (tertiary/aromatic N) is 2. The van der Waals surface area contributed by atoms with Gasteiger partial charge < -0.3 is 4.57 Å². The van der Waals surface area contributed by atoms with Gasteiger partial charge in [-0.3, -0.25) is 0 Å². The third-order valence-corrected chi connectivity index (χ3v) is 4.20. The predicted octanol–water partition coefficient (Wildman–Crippen LogP) is 5.47. The van der Waals surface area contributed by atoms with Crippen LogP contribution in [0.3, 0.4) is 0 Å². The Morgan fingerprint density at radius 3 is 2.60 bits per heavy atom. The highest BCUT2D eigenvalue weighted by molar-refractivity contribution is 6.16. The smallest absolute Gasteiger partial charge is 0.125 e. The number of alkyl halides is 1. The standard InChI is InChI=1S/C17H25ClN2/c1-12(2)7-5-9-14(4)20-15-10-6-8-13(3)17(15)19-16(20)11-18/h6,8,10,12,14H,5,7,9,11H2,1-4H3. The van der Waals surface area contributed by atoms with Crippen LogP contribution in [0.1, 0.15) is 57.5 Å². The van der Waals surface area contributed by atoms with Gasteiger partial charge in [-0.25, -0.2) is 4.98 Å². The first-order valence-corrected chi connectivity index (χ1v) is 8.10. The normalized spacial score (nSPS) is 13.3. The monoisotopic (exact) mass is 292 g/mol. The molecule has 2 rings (SSSR count). The molecule has 0 bridgehead atoms. The summed E-state index contributed by atoms with van der Waals surface area (Å²) >= 11 is 6.10. The van der Waals surface area contributed by atoms with Gasteiger partial charge >= 0.3 is 0 Å². The van der Waals surface area contributed by atoms with Gasteiger partial charge in [-0.15, -0.1) is 11.6 Å². The molecule has 0 aliphatic heterocycles. The van der Waals surface area contributed by atoms with Crippen molar-refractivity contribution >= 4 is 22.6 Å². The number of hydrogen-bond acceptors (Lipinski definition) is 1. The van der Waals surface area contributed by atoms with Crippen molar-refractivity contribution in [3.63, 3.8) is 0 Å². The van der Waals surface area contributed by atoms with E-state index in [0.29, 0.717) is 11.9 Å². The van der Waals surface area contributed by atoms with E-state index in [1.54, 1.807) is 0 Å². The number of rotatable bonds is 6. The quantitative estimate of drug-likeness (QED) is 0.645. The van der Waals surface area contributed by atoms with Crippen molar-refractivity contribution in [1.82, 2.24) is 9.55 Å². The molecule has 0 saturated carbocycles. The molecule has 0 spiro atoms. The molecule has 0 aliphatic rings. The molecular formula is C17H25ClN2. The summed E-state index contributed by atoms with van der Waals surface area (Å²) in [6, 6.07) is 6.83. The van der Waals surface area contributed by atoms with Crippen molar-refractivity contribution in [2.75, 3.05) is 0 Å². The van der Waals surface area contributed by atoms with Gasteiger partial charge in [0.05, 0.1) is 16.9 Å². The van der Waals surface area contributed by atoms with Crippen LogP contribution in [0.4, 0.5) is 0 Å². The minimum Gasteiger partial charge on any atom is -0.324 e. The van der Waals surface area contributed by atoms with Crippen LogP contribution in [0.15, 0.2) is 18.2 Å². The van der Waals surface area contributed by atoms with Gasteiger partial charge in [0.2, 0.25) is 0 Å². The number of imidazole rings is 1. The topological polar surface area (TPSA) is 17.8 Å². The number of benzene rings is 1. The average Bonchev–Trinajstić information content (AvgIpc) is 2.78. The highest BCUT2D eigenvalue weighted by Crippen LogP contribution is 2.27. The molecular weight excluding hydrogens is 268 g/mol. The van der Waals surface area contributed by atoms with Crippen molar-refractivity contribution in [1.29, 1.82) is 0 Å². The average molecular weight is 293 g/mol. The molecule has 1 atom stereocenters. The molecule has 2 nitrogen and oxygen atoms in total. The largest absolute Gasteiger partial charge is 0.324 e. The van der Waals surface area contributed by atoms with Crippen LogP contribution in [0.2, 0.25) is 0 Å². The van der Waals surface area contributed by atoms with E-state index < -0.39 is 0 Å². The van der Waals surface area contributed by atoms with E-state index in [2.05, 4.69) is 50.5 Å². The number of para-hydroxylation sites is 1. The fourth-order valence-corrected chi connectivity index (χ4v) is 3.03. The van der Waals surface area contributed by atoms with Crippen LogP contribution in [0.5, 0.6) is 0 Å². The molecule has 0 N–H and O–H groups in total. The van der Waals surface area contributed by atoms with Gasteiger partial charge in [-0.05, 0) is 37.8 Å². The molecule has 0 aliphatic carbocycles. The van der Waals surface area contributed by atoms with E-state index in [0.717, 1.165) is 17.3 Å². The minimum atomic E-state index is 0.453. The van der Waals surface area contributed by atoms with Crippen molar-refractivity contribution in [2.45, 2.75) is 58.9 Å². The Morgan fingerprint density at radius 1 is 1.20 bits per heavy atom. The fourth-order valence-electron chi connectivity index (χ4n) is 2.84. The Balaban J connectivity index is 2.29. The summed E-state index contributed by atoms with van der Waals surface area (Å²) in [4.78, 5) is 4.73. The predicted molar refractivity (Wildman–Crippen MR) is 87.4 cm³/mol. The zero-order valence-electron chi connectivity index (χ0n) is 13.0. The number of hydrogen-bond donors (Lipinski definition) is 0. The van der Waals surface area contributed by atoms with Gasteiger partial charge in [-0.2, -0.15) is 0 Å². The summed E-state index contributed by atoms with van der Waals surface area (Å²) in [6.45, 7) is 8.95. The second-order valence-corrected chi connectivity index (χ2v) is 6.42. The van der Waals surface area contributed by atoms with E-state index in [1.165, 1.54) is 30.3 Å². The lowest BCUT2D eigenvalue weighted by Gasteiger charge is -2.17. The lowest BCUT2D eigenvalue weighted by Crippen LogP contribution is -2.09. The number of aromatic nitrogens is 2. The summed E-state index contributed by atoms with van der Waals surface area (Å²) < 4.78 is 2.33. The number of fused-ring (bicyclic) bond motifs is 1. The Morgan fingerprint density at radius 2 is 1.95 bits per heavy atom. The van der Waals surface area contributed by atoms with E-state index in [9.17, 15) is 0 Å². The Labute approximate surface area is 127 Å². The second-order valence-electron chi connectivity index (χ2n) is 6.15. The Bertz CT molecular complexity index is 572. The van der Waals surface area contributed by atoms with Crippen molar-refractivity contribution in [3.05, 3.63) is 29.6 Å². The van der Waals surface area contributed by atoms with Crippen molar-refractivity contribution < 1.29 is 0 Å². The van der Waals surface area contributed by atoms with Crippen LogP contribution in [0.25, 0.3) is 11.0 Å². The maximum Gasteiger partial charge on any atom is 0.125 e. The first-order chi connectivity index (χ1) is 9.54. The molecule has 1 aromatic carbocycles. The van der Waals surface area contributed by atoms with Crippen LogP contribution >= 0.6 is 11.6 Å². The third-order valence-electron chi connectivity index (χ3n) is 3.96. The molecule has 110 valence electrons. The summed E-state index contributed by atoms with van der Waals surface area (Å²) in [5, 5.41) is 0. The summed E-state index contributed by atoms with van der Waals surface area (Å²) in [6.07, 6.45) is 3.72. The van der Waals surface area contributed by atoms with Crippen LogP contribution < -0.4 is 0 Å². The molecule has 0 radical (unpaired) electrons. The van der Waals surface area contributed by atoms with Gasteiger partial charge in [0.15, 0.2) is 0 Å². The summed E-state index contributed by atoms with van der Waals surface area (Å²) in [5.74, 6) is 2.24. The molecule has 1 heterocycles. The Hall–Kier alpha value is -1.02. The van der Waals surface area contributed by atoms with Gasteiger partial charge in [-0.1, -0.05) is 38.8 Å². The van der Waals surface area contributed by atoms with Gasteiger partial charge in [0, 0.05) is 6.04 Å². The van der Waals surface area contributed by atoms with E-state index in [1.807, 2.05) is 0 Å². The lowest BCUT2D eigenvalue weighted by atomic mass is 10.0. The SMILES string of the molecule is Cc1cccc2c1nc(CCl)n2C(C)CCCC(C)C. The molecule has 1 unspecified atom stereocenters. The maximum atomic E-state index is 6.10. The lowest BCUT2D eigenvalue weighted by molar-refractivity contribution is 0.447. The molecule has 0 fully saturated rings. The highest BCUT2D eigenvalue weighted by atomic mass is 35.5. The van der Waals surface area contributed by atoms with Crippen molar-refractivity contribution in [3.8, 4) is 0 Å². The van der Waals surface area contributed by atoms with E-state index in [-0.39, 0.29) is 0 Å². The first-order valence-electron chi connectivity index (χ1n) is 7.57. The van der Waals surface area contributed by atoms with Gasteiger partial charge in [0.1, 0.15) is 5.82 Å². The molecule has 3 heteroatoms. The number of halogens is 1. The Kier molecular flexibility index (Phi) is 5.09. The van der Waals surface area contributed by atoms with E-state index in [4.69, 9.17) is 16.6 Å². The maximum absolute atomic E-state index is 6.10. The van der Waals surface area contributed by atoms with Crippen LogP contribution in [-0.2, 0) is 5.88 Å². The zero-order valence-corrected chi connectivity index (χ0v) is 13.7. The zero-order chi connectivity index (χ0) is 14.7. The molecule has 2 aromatic rings. The van der Waals surface area contributed by atoms with E-state index >= 15 is 0 Å². The summed E-state index contributed by atoms with van der Waals surface area (Å²) in [7, 11) is 0. The highest BCUT2D eigenvalue weighted by Gasteiger charge is 2.16. The fraction of sp³-hybridized carbons (Fsp3) is 0.588. The second kappa shape index (κ2) is 6.62.